The molecule has 17 heavy (non-hydrogen) atoms. The number of allylic oxidation sites excluding steroid dienone is 3. The molecule has 1 aromatic rings. The van der Waals surface area contributed by atoms with Crippen molar-refractivity contribution in [1.29, 1.82) is 0 Å². The van der Waals surface area contributed by atoms with Crippen LogP contribution in [0, 0.1) is 6.08 Å². The van der Waals surface area contributed by atoms with Gasteiger partial charge in [-0.25, -0.2) is 0 Å². The molecule has 1 aliphatic heterocycles. The Bertz CT molecular complexity index is 508. The maximum Gasteiger partial charge on any atom is 0.0169 e. The summed E-state index contributed by atoms with van der Waals surface area (Å²) in [6.45, 7) is 3.94. The van der Waals surface area contributed by atoms with Crippen LogP contribution in [0.1, 0.15) is 5.56 Å². The van der Waals surface area contributed by atoms with Gasteiger partial charge in [-0.2, -0.15) is 12.2 Å². The minimum Gasteiger partial charge on any atom is -0.379 e. The Balaban J connectivity index is 0.00000144. The molecule has 0 unspecified atom stereocenters. The fourth-order valence-corrected chi connectivity index (χ4v) is 2.27. The summed E-state index contributed by atoms with van der Waals surface area (Å²) in [6.07, 6.45) is 6.95. The van der Waals surface area contributed by atoms with Gasteiger partial charge in [0.05, 0.1) is 0 Å². The van der Waals surface area contributed by atoms with Crippen molar-refractivity contribution >= 4 is 33.2 Å². The van der Waals surface area contributed by atoms with Gasteiger partial charge in [0.25, 0.3) is 0 Å². The van der Waals surface area contributed by atoms with Crippen molar-refractivity contribution in [3.63, 3.8) is 0 Å². The molecule has 1 radical (unpaired) electrons. The zero-order valence-corrected chi connectivity index (χ0v) is 14.6. The molecule has 0 spiro atoms. The van der Waals surface area contributed by atoms with Gasteiger partial charge in [-0.1, -0.05) is 51.4 Å². The molecular weight excluding hydrogens is 374 g/mol. The van der Waals surface area contributed by atoms with Crippen molar-refractivity contribution in [2.75, 3.05) is 7.05 Å². The zero-order valence-electron chi connectivity index (χ0n) is 9.37. The minimum atomic E-state index is 0. The fraction of sp³-hybridized carbons (Fsp3) is 0.0769. The first-order valence-corrected chi connectivity index (χ1v) is 5.95. The Morgan fingerprint density at radius 3 is 2.76 bits per heavy atom. The molecular formula is C13H10BrClNY-. The predicted octanol–water partition coefficient (Wildman–Crippen LogP) is 4.26. The molecule has 0 saturated carbocycles. The summed E-state index contributed by atoms with van der Waals surface area (Å²) >= 11 is 9.59. The van der Waals surface area contributed by atoms with Crippen LogP contribution < -0.4 is 0 Å². The van der Waals surface area contributed by atoms with Gasteiger partial charge in [-0.3, -0.25) is 0 Å². The van der Waals surface area contributed by atoms with Gasteiger partial charge in [0.1, 0.15) is 0 Å². The van der Waals surface area contributed by atoms with Crippen LogP contribution in [-0.2, 0) is 32.7 Å². The number of hydrogen-bond acceptors (Lipinski definition) is 1. The molecule has 0 N–H and O–H groups in total. The van der Waals surface area contributed by atoms with E-state index in [1.165, 1.54) is 0 Å². The van der Waals surface area contributed by atoms with E-state index in [9.17, 15) is 0 Å². The summed E-state index contributed by atoms with van der Waals surface area (Å²) < 4.78 is 0.967. The third-order valence-electron chi connectivity index (χ3n) is 2.45. The SMILES string of the molecule is C=C1C=C[C-]=C(c2ccc(Br)cc2Cl)N1C.[Y]. The normalized spacial score (nSPS) is 14.4. The van der Waals surface area contributed by atoms with E-state index in [1.807, 2.05) is 42.3 Å². The standard InChI is InChI=1S/C13H10BrClN.Y/c1-9-4-3-5-13(16(9)2)11-7-6-10(14)8-12(11)15;/h3-4,6-8H,1H2,2H3;/q-1;. The van der Waals surface area contributed by atoms with E-state index in [-0.39, 0.29) is 32.7 Å². The van der Waals surface area contributed by atoms with Crippen LogP contribution in [0.25, 0.3) is 5.70 Å². The van der Waals surface area contributed by atoms with E-state index in [4.69, 9.17) is 11.6 Å². The van der Waals surface area contributed by atoms with Gasteiger partial charge in [-0.05, 0) is 16.8 Å². The summed E-state index contributed by atoms with van der Waals surface area (Å²) in [6, 6.07) is 5.81. The molecule has 1 aliphatic rings. The maximum absolute atomic E-state index is 6.20. The van der Waals surface area contributed by atoms with E-state index in [0.717, 1.165) is 21.4 Å². The van der Waals surface area contributed by atoms with Crippen molar-refractivity contribution in [2.45, 2.75) is 0 Å². The third kappa shape index (κ3) is 3.32. The molecule has 0 atom stereocenters. The summed E-state index contributed by atoms with van der Waals surface area (Å²) in [7, 11) is 1.95. The largest absolute Gasteiger partial charge is 0.379 e. The Morgan fingerprint density at radius 2 is 2.12 bits per heavy atom. The Labute approximate surface area is 140 Å². The average Bonchev–Trinajstić information content (AvgIpc) is 2.23. The molecule has 1 aromatic carbocycles. The van der Waals surface area contributed by atoms with Gasteiger partial charge >= 0.3 is 0 Å². The Hall–Kier alpha value is 0.114. The quantitative estimate of drug-likeness (QED) is 0.654. The monoisotopic (exact) mass is 383 g/mol. The van der Waals surface area contributed by atoms with Crippen LogP contribution >= 0.6 is 27.5 Å². The molecule has 0 aromatic heterocycles. The van der Waals surface area contributed by atoms with Crippen LogP contribution in [0.5, 0.6) is 0 Å². The number of likely N-dealkylation sites (N-methyl/N-ethyl adjacent to an activating group) is 1. The van der Waals surface area contributed by atoms with E-state index in [2.05, 4.69) is 28.6 Å². The molecule has 0 amide bonds. The van der Waals surface area contributed by atoms with Crippen LogP contribution in [0.3, 0.4) is 0 Å². The molecule has 0 saturated heterocycles. The predicted molar refractivity (Wildman–Crippen MR) is 71.8 cm³/mol. The number of rotatable bonds is 1. The van der Waals surface area contributed by atoms with Gasteiger partial charge in [0, 0.05) is 44.2 Å². The summed E-state index contributed by atoms with van der Waals surface area (Å²) in [5, 5.41) is 0.701. The van der Waals surface area contributed by atoms with E-state index >= 15 is 0 Å². The van der Waals surface area contributed by atoms with Crippen LogP contribution in [0.4, 0.5) is 0 Å². The third-order valence-corrected chi connectivity index (χ3v) is 3.25. The van der Waals surface area contributed by atoms with E-state index < -0.39 is 0 Å². The molecule has 1 heterocycles. The second kappa shape index (κ2) is 6.33. The zero-order chi connectivity index (χ0) is 11.7. The van der Waals surface area contributed by atoms with Crippen molar-refractivity contribution in [2.24, 2.45) is 0 Å². The molecule has 4 heteroatoms. The second-order valence-electron chi connectivity index (χ2n) is 3.50. The fourth-order valence-electron chi connectivity index (χ4n) is 1.51. The van der Waals surface area contributed by atoms with Gasteiger partial charge in [0.2, 0.25) is 0 Å². The average molecular weight is 384 g/mol. The minimum absolute atomic E-state index is 0. The number of nitrogens with zero attached hydrogens (tertiary/aromatic N) is 1. The summed E-state index contributed by atoms with van der Waals surface area (Å²) in [5.74, 6) is 0. The maximum atomic E-state index is 6.20. The number of halogens is 2. The van der Waals surface area contributed by atoms with Crippen LogP contribution in [0.15, 0.2) is 47.1 Å². The van der Waals surface area contributed by atoms with Gasteiger partial charge < -0.3 is 4.90 Å². The summed E-state index contributed by atoms with van der Waals surface area (Å²) in [4.78, 5) is 1.97. The molecule has 1 nitrogen and oxygen atoms in total. The van der Waals surface area contributed by atoms with E-state index in [0.29, 0.717) is 5.02 Å². The van der Waals surface area contributed by atoms with Crippen LogP contribution in [-0.4, -0.2) is 11.9 Å². The number of benzene rings is 1. The van der Waals surface area contributed by atoms with Crippen molar-refractivity contribution in [1.82, 2.24) is 4.90 Å². The van der Waals surface area contributed by atoms with Crippen molar-refractivity contribution in [3.05, 3.63) is 63.8 Å². The topological polar surface area (TPSA) is 3.24 Å². The first-order chi connectivity index (χ1) is 7.59. The van der Waals surface area contributed by atoms with Crippen molar-refractivity contribution in [3.8, 4) is 0 Å². The van der Waals surface area contributed by atoms with Crippen molar-refractivity contribution < 1.29 is 32.7 Å². The Kier molecular flexibility index (Phi) is 5.65. The van der Waals surface area contributed by atoms with Crippen LogP contribution in [0.2, 0.25) is 5.02 Å². The van der Waals surface area contributed by atoms with E-state index in [1.54, 1.807) is 0 Å². The molecule has 0 aliphatic carbocycles. The molecule has 2 rings (SSSR count). The second-order valence-corrected chi connectivity index (χ2v) is 4.82. The van der Waals surface area contributed by atoms with Gasteiger partial charge in [0.15, 0.2) is 0 Å². The molecule has 0 bridgehead atoms. The first kappa shape index (κ1) is 15.2. The molecule has 85 valence electrons. The van der Waals surface area contributed by atoms with Gasteiger partial charge in [-0.15, -0.1) is 12.1 Å². The molecule has 0 fully saturated rings. The summed E-state index contributed by atoms with van der Waals surface area (Å²) in [5.41, 5.74) is 2.82. The number of hydrogen-bond donors (Lipinski definition) is 0. The Morgan fingerprint density at radius 1 is 1.41 bits per heavy atom. The smallest absolute Gasteiger partial charge is 0.0169 e. The first-order valence-electron chi connectivity index (χ1n) is 4.77.